The zero-order valence-corrected chi connectivity index (χ0v) is 16.5. The standard InChI is InChI=1S/C18H21FN2O6S/c1-4-27-18(23)12-5-6-15(13(19)10-12)21(28(24)25)16-7-8-17(26-3)20-14(16)9-11(2)22/h5-8,10-11,22,28H,4,9H2,1-3H3. The van der Waals surface area contributed by atoms with E-state index >= 15 is 0 Å². The van der Waals surface area contributed by atoms with E-state index in [1.807, 2.05) is 0 Å². The summed E-state index contributed by atoms with van der Waals surface area (Å²) in [6.45, 7) is 3.26. The number of halogens is 1. The Bertz CT molecular complexity index is 924. The average Bonchev–Trinajstić information content (AvgIpc) is 2.63. The van der Waals surface area contributed by atoms with E-state index in [0.717, 1.165) is 10.4 Å². The number of nitrogens with zero attached hydrogens (tertiary/aromatic N) is 2. The number of aliphatic hydroxyl groups is 1. The van der Waals surface area contributed by atoms with Gasteiger partial charge in [0.2, 0.25) is 16.8 Å². The summed E-state index contributed by atoms with van der Waals surface area (Å²) in [6.07, 6.45) is -0.796. The molecular weight excluding hydrogens is 391 g/mol. The summed E-state index contributed by atoms with van der Waals surface area (Å²) >= 11 is 0. The second kappa shape index (κ2) is 9.47. The molecule has 152 valence electrons. The number of thiol groups is 1. The highest BCUT2D eigenvalue weighted by atomic mass is 32.2. The van der Waals surface area contributed by atoms with Crippen LogP contribution in [0.3, 0.4) is 0 Å². The fraction of sp³-hybridized carbons (Fsp3) is 0.333. The van der Waals surface area contributed by atoms with Gasteiger partial charge in [-0.05, 0) is 38.1 Å². The number of carbonyl (C=O) groups excluding carboxylic acids is 1. The second-order valence-electron chi connectivity index (χ2n) is 5.81. The molecule has 0 aliphatic rings. The van der Waals surface area contributed by atoms with Crippen molar-refractivity contribution in [3.63, 3.8) is 0 Å². The van der Waals surface area contributed by atoms with Crippen LogP contribution in [0.2, 0.25) is 0 Å². The number of rotatable bonds is 8. The molecule has 1 unspecified atom stereocenters. The Morgan fingerprint density at radius 1 is 1.29 bits per heavy atom. The van der Waals surface area contributed by atoms with Crippen LogP contribution in [-0.4, -0.2) is 44.3 Å². The summed E-state index contributed by atoms with van der Waals surface area (Å²) in [4.78, 5) is 15.9. The lowest BCUT2D eigenvalue weighted by molar-refractivity contribution is 0.0526. The largest absolute Gasteiger partial charge is 0.481 e. The van der Waals surface area contributed by atoms with Crippen LogP contribution in [0.25, 0.3) is 0 Å². The smallest absolute Gasteiger partial charge is 0.338 e. The molecule has 0 aliphatic carbocycles. The molecule has 1 heterocycles. The highest BCUT2D eigenvalue weighted by Gasteiger charge is 2.23. The average molecular weight is 412 g/mol. The van der Waals surface area contributed by atoms with Gasteiger partial charge in [0.1, 0.15) is 5.82 Å². The van der Waals surface area contributed by atoms with Crippen LogP contribution in [0.4, 0.5) is 15.8 Å². The number of aromatic nitrogens is 1. The summed E-state index contributed by atoms with van der Waals surface area (Å²) in [5.41, 5.74) is -0.0489. The summed E-state index contributed by atoms with van der Waals surface area (Å²) in [6, 6.07) is 6.19. The number of esters is 1. The van der Waals surface area contributed by atoms with Crippen molar-refractivity contribution in [1.82, 2.24) is 4.98 Å². The molecular formula is C18H21FN2O6S. The SMILES string of the molecule is CCOC(=O)c1ccc(N(c2ccc(OC)nc2CC(C)O)[SH](=O)=O)c(F)c1. The zero-order chi connectivity index (χ0) is 20.8. The quantitative estimate of drug-likeness (QED) is 0.504. The first-order valence-corrected chi connectivity index (χ1v) is 9.54. The maximum Gasteiger partial charge on any atom is 0.338 e. The Balaban J connectivity index is 2.56. The van der Waals surface area contributed by atoms with E-state index < -0.39 is 28.8 Å². The van der Waals surface area contributed by atoms with E-state index in [0.29, 0.717) is 0 Å². The van der Waals surface area contributed by atoms with Crippen molar-refractivity contribution in [2.75, 3.05) is 18.0 Å². The first-order chi connectivity index (χ1) is 13.3. The first-order valence-electron chi connectivity index (χ1n) is 8.41. The molecule has 0 spiro atoms. The van der Waals surface area contributed by atoms with Gasteiger partial charge in [-0.25, -0.2) is 26.9 Å². The molecule has 0 aliphatic heterocycles. The van der Waals surface area contributed by atoms with Gasteiger partial charge in [0.25, 0.3) is 0 Å². The molecule has 0 amide bonds. The molecule has 1 aromatic heterocycles. The molecule has 0 saturated carbocycles. The fourth-order valence-electron chi connectivity index (χ4n) is 2.54. The number of aliphatic hydroxyl groups excluding tert-OH is 1. The highest BCUT2D eigenvalue weighted by molar-refractivity contribution is 7.74. The zero-order valence-electron chi connectivity index (χ0n) is 15.6. The van der Waals surface area contributed by atoms with Crippen LogP contribution in [0.15, 0.2) is 30.3 Å². The maximum atomic E-state index is 14.7. The topological polar surface area (TPSA) is 106 Å². The number of hydrogen-bond acceptors (Lipinski definition) is 7. The lowest BCUT2D eigenvalue weighted by Crippen LogP contribution is -2.20. The van der Waals surface area contributed by atoms with Crippen LogP contribution in [-0.2, 0) is 22.0 Å². The number of carbonyl (C=O) groups is 1. The summed E-state index contributed by atoms with van der Waals surface area (Å²) in [5.74, 6) is -1.42. The van der Waals surface area contributed by atoms with E-state index in [-0.39, 0.29) is 41.5 Å². The number of ether oxygens (including phenoxy) is 2. The number of benzene rings is 1. The van der Waals surface area contributed by atoms with Crippen LogP contribution in [0.1, 0.15) is 29.9 Å². The Morgan fingerprint density at radius 3 is 2.50 bits per heavy atom. The Kier molecular flexibility index (Phi) is 7.30. The van der Waals surface area contributed by atoms with Gasteiger partial charge in [0, 0.05) is 12.5 Å². The molecule has 0 radical (unpaired) electrons. The Morgan fingerprint density at radius 2 is 1.96 bits per heavy atom. The number of hydrogen-bond donors (Lipinski definition) is 2. The molecule has 0 bridgehead atoms. The van der Waals surface area contributed by atoms with Gasteiger partial charge in [0.15, 0.2) is 0 Å². The summed E-state index contributed by atoms with van der Waals surface area (Å²) in [7, 11) is -1.91. The van der Waals surface area contributed by atoms with Crippen molar-refractivity contribution in [3.8, 4) is 5.88 Å². The monoisotopic (exact) mass is 412 g/mol. The minimum absolute atomic E-state index is 0.0226. The fourth-order valence-corrected chi connectivity index (χ4v) is 3.23. The molecule has 1 aromatic carbocycles. The minimum atomic E-state index is -3.30. The summed E-state index contributed by atoms with van der Waals surface area (Å²) < 4.78 is 49.2. The first kappa shape index (κ1) is 21.6. The van der Waals surface area contributed by atoms with E-state index in [9.17, 15) is 22.7 Å². The van der Waals surface area contributed by atoms with Crippen molar-refractivity contribution in [1.29, 1.82) is 0 Å². The van der Waals surface area contributed by atoms with Crippen molar-refractivity contribution >= 4 is 28.2 Å². The van der Waals surface area contributed by atoms with Gasteiger partial charge in [0.05, 0.1) is 42.5 Å². The Hall–Kier alpha value is -2.72. The van der Waals surface area contributed by atoms with Gasteiger partial charge >= 0.3 is 5.97 Å². The predicted molar refractivity (Wildman–Crippen MR) is 101 cm³/mol. The molecule has 1 N–H and O–H groups in total. The van der Waals surface area contributed by atoms with Crippen LogP contribution >= 0.6 is 0 Å². The van der Waals surface area contributed by atoms with E-state index in [2.05, 4.69) is 4.98 Å². The molecule has 28 heavy (non-hydrogen) atoms. The molecule has 0 saturated heterocycles. The van der Waals surface area contributed by atoms with Crippen molar-refractivity contribution in [3.05, 3.63) is 47.4 Å². The van der Waals surface area contributed by atoms with Crippen molar-refractivity contribution in [2.45, 2.75) is 26.4 Å². The van der Waals surface area contributed by atoms with Crippen LogP contribution in [0.5, 0.6) is 5.88 Å². The van der Waals surface area contributed by atoms with Crippen LogP contribution in [0, 0.1) is 5.82 Å². The molecule has 10 heteroatoms. The molecule has 0 fully saturated rings. The third-order valence-corrected chi connectivity index (χ3v) is 4.46. The third kappa shape index (κ3) is 4.96. The third-order valence-electron chi connectivity index (χ3n) is 3.70. The van der Waals surface area contributed by atoms with Gasteiger partial charge in [-0.3, -0.25) is 0 Å². The van der Waals surface area contributed by atoms with Crippen LogP contribution < -0.4 is 9.04 Å². The highest BCUT2D eigenvalue weighted by Crippen LogP contribution is 2.32. The second-order valence-corrected chi connectivity index (χ2v) is 6.68. The van der Waals surface area contributed by atoms with Gasteiger partial charge in [-0.1, -0.05) is 0 Å². The van der Waals surface area contributed by atoms with E-state index in [1.165, 1.54) is 38.3 Å². The predicted octanol–water partition coefficient (Wildman–Crippen LogP) is 1.99. The molecule has 1 atom stereocenters. The lowest BCUT2D eigenvalue weighted by atomic mass is 10.1. The van der Waals surface area contributed by atoms with Crippen molar-refractivity contribution in [2.24, 2.45) is 0 Å². The van der Waals surface area contributed by atoms with E-state index in [4.69, 9.17) is 9.47 Å². The van der Waals surface area contributed by atoms with Gasteiger partial charge < -0.3 is 14.6 Å². The van der Waals surface area contributed by atoms with Gasteiger partial charge in [-0.15, -0.1) is 0 Å². The number of methoxy groups -OCH3 is 1. The molecule has 8 nitrogen and oxygen atoms in total. The lowest BCUT2D eigenvalue weighted by Gasteiger charge is -2.22. The van der Waals surface area contributed by atoms with Crippen molar-refractivity contribution < 1.29 is 32.2 Å². The minimum Gasteiger partial charge on any atom is -0.481 e. The normalized spacial score (nSPS) is 11.9. The molecule has 2 rings (SSSR count). The number of anilines is 2. The summed E-state index contributed by atoms with van der Waals surface area (Å²) in [5, 5.41) is 9.71. The van der Waals surface area contributed by atoms with Gasteiger partial charge in [-0.2, -0.15) is 0 Å². The Labute approximate surface area is 163 Å². The number of pyridine rings is 1. The van der Waals surface area contributed by atoms with E-state index in [1.54, 1.807) is 6.92 Å². The molecule has 2 aromatic rings. The maximum absolute atomic E-state index is 14.7.